The molecule has 2 N–H and O–H groups in total. The molecule has 0 spiro atoms. The van der Waals surface area contributed by atoms with Crippen LogP contribution in [0.25, 0.3) is 0 Å². The van der Waals surface area contributed by atoms with Crippen LogP contribution in [0.3, 0.4) is 0 Å². The number of hydrogen-bond donors (Lipinski definition) is 2. The lowest BCUT2D eigenvalue weighted by atomic mass is 10.2. The van der Waals surface area contributed by atoms with Crippen LogP contribution in [-0.2, 0) is 22.6 Å². The van der Waals surface area contributed by atoms with Crippen LogP contribution in [-0.4, -0.2) is 21.4 Å². The first-order valence-corrected chi connectivity index (χ1v) is 8.21. The second-order valence-corrected chi connectivity index (χ2v) is 5.76. The maximum Gasteiger partial charge on any atom is 0.253 e. The van der Waals surface area contributed by atoms with Gasteiger partial charge in [0.05, 0.1) is 6.33 Å². The molecule has 0 aliphatic heterocycles. The van der Waals surface area contributed by atoms with Crippen molar-refractivity contribution < 1.29 is 9.59 Å². The predicted molar refractivity (Wildman–Crippen MR) is 96.5 cm³/mol. The molecule has 0 radical (unpaired) electrons. The number of amides is 2. The number of hydrogen-bond acceptors (Lipinski definition) is 4. The van der Waals surface area contributed by atoms with Crippen molar-refractivity contribution in [2.75, 3.05) is 10.6 Å². The van der Waals surface area contributed by atoms with Gasteiger partial charge in [-0.05, 0) is 31.0 Å². The second-order valence-electron chi connectivity index (χ2n) is 5.76. The van der Waals surface area contributed by atoms with Crippen molar-refractivity contribution in [2.45, 2.75) is 39.7 Å². The first-order chi connectivity index (χ1) is 12.0. The number of nitrogens with one attached hydrogen (secondary N) is 2. The van der Waals surface area contributed by atoms with Gasteiger partial charge in [0.25, 0.3) is 5.56 Å². The molecule has 7 heteroatoms. The van der Waals surface area contributed by atoms with Crippen molar-refractivity contribution in [1.82, 2.24) is 9.55 Å². The highest BCUT2D eigenvalue weighted by molar-refractivity contribution is 5.93. The minimum Gasteiger partial charge on any atom is -0.326 e. The van der Waals surface area contributed by atoms with Gasteiger partial charge in [0, 0.05) is 30.1 Å². The minimum atomic E-state index is -0.342. The largest absolute Gasteiger partial charge is 0.326 e. The molecule has 25 heavy (non-hydrogen) atoms. The van der Waals surface area contributed by atoms with Crippen LogP contribution in [0.2, 0.25) is 0 Å². The van der Waals surface area contributed by atoms with Crippen molar-refractivity contribution >= 4 is 23.2 Å². The minimum absolute atomic E-state index is 0.121. The standard InChI is InChI=1S/C18H22N4O3/c1-3-4-6-14-10-18(25)22(12-19-14)11-17(24)21-16-8-5-7-15(9-16)20-13(2)23/h5,7-10,12H,3-4,6,11H2,1-2H3,(H,20,23)(H,21,24). The number of aromatic nitrogens is 2. The van der Waals surface area contributed by atoms with Crippen LogP contribution >= 0.6 is 0 Å². The summed E-state index contributed by atoms with van der Waals surface area (Å²) < 4.78 is 1.27. The Balaban J connectivity index is 2.00. The molecule has 0 atom stereocenters. The lowest BCUT2D eigenvalue weighted by Crippen LogP contribution is -2.27. The molecule has 0 saturated heterocycles. The van der Waals surface area contributed by atoms with Gasteiger partial charge in [0.1, 0.15) is 6.54 Å². The van der Waals surface area contributed by atoms with Crippen molar-refractivity contribution in [1.29, 1.82) is 0 Å². The van der Waals surface area contributed by atoms with Crippen LogP contribution in [0, 0.1) is 0 Å². The zero-order valence-electron chi connectivity index (χ0n) is 14.4. The lowest BCUT2D eigenvalue weighted by molar-refractivity contribution is -0.117. The number of aryl methyl sites for hydroxylation is 1. The molecule has 0 saturated carbocycles. The average Bonchev–Trinajstić information content (AvgIpc) is 2.55. The highest BCUT2D eigenvalue weighted by Crippen LogP contribution is 2.15. The summed E-state index contributed by atoms with van der Waals surface area (Å²) in [6.45, 7) is 3.37. The Morgan fingerprint density at radius 1 is 1.16 bits per heavy atom. The van der Waals surface area contributed by atoms with E-state index in [4.69, 9.17) is 0 Å². The molecular formula is C18H22N4O3. The summed E-state index contributed by atoms with van der Waals surface area (Å²) in [6, 6.07) is 8.27. The SMILES string of the molecule is CCCCc1cc(=O)n(CC(=O)Nc2cccc(NC(C)=O)c2)cn1. The Bertz CT molecular complexity index is 814. The molecule has 0 unspecified atom stereocenters. The highest BCUT2D eigenvalue weighted by atomic mass is 16.2. The third-order valence-electron chi connectivity index (χ3n) is 3.50. The Kier molecular flexibility index (Phi) is 6.45. The topological polar surface area (TPSA) is 93.1 Å². The number of carbonyl (C=O) groups is 2. The number of unbranched alkanes of at least 4 members (excludes halogenated alkanes) is 1. The van der Waals surface area contributed by atoms with Crippen LogP contribution in [0.5, 0.6) is 0 Å². The third-order valence-corrected chi connectivity index (χ3v) is 3.50. The summed E-state index contributed by atoms with van der Waals surface area (Å²) in [5.41, 5.74) is 1.62. The van der Waals surface area contributed by atoms with E-state index in [1.165, 1.54) is 23.9 Å². The summed E-state index contributed by atoms with van der Waals surface area (Å²) in [5, 5.41) is 5.35. The van der Waals surface area contributed by atoms with Gasteiger partial charge in [-0.2, -0.15) is 0 Å². The number of rotatable bonds is 7. The fourth-order valence-electron chi connectivity index (χ4n) is 2.31. The molecule has 0 aliphatic carbocycles. The van der Waals surface area contributed by atoms with Crippen LogP contribution < -0.4 is 16.2 Å². The van der Waals surface area contributed by atoms with E-state index in [0.717, 1.165) is 25.0 Å². The van der Waals surface area contributed by atoms with E-state index in [2.05, 4.69) is 22.5 Å². The Hall–Kier alpha value is -2.96. The van der Waals surface area contributed by atoms with Crippen molar-refractivity contribution in [3.63, 3.8) is 0 Å². The van der Waals surface area contributed by atoms with Crippen LogP contribution in [0.15, 0.2) is 41.5 Å². The molecule has 1 heterocycles. The molecule has 7 nitrogen and oxygen atoms in total. The monoisotopic (exact) mass is 342 g/mol. The number of benzene rings is 1. The maximum absolute atomic E-state index is 12.1. The van der Waals surface area contributed by atoms with Crippen LogP contribution in [0.1, 0.15) is 32.4 Å². The number of nitrogens with zero attached hydrogens (tertiary/aromatic N) is 2. The highest BCUT2D eigenvalue weighted by Gasteiger charge is 2.07. The molecule has 1 aromatic heterocycles. The summed E-state index contributed by atoms with van der Waals surface area (Å²) in [4.78, 5) is 39.5. The number of carbonyl (C=O) groups excluding carboxylic acids is 2. The van der Waals surface area contributed by atoms with Crippen molar-refractivity contribution in [2.24, 2.45) is 0 Å². The molecule has 132 valence electrons. The first kappa shape index (κ1) is 18.4. The molecular weight excluding hydrogens is 320 g/mol. The van der Waals surface area contributed by atoms with E-state index in [0.29, 0.717) is 11.4 Å². The van der Waals surface area contributed by atoms with Gasteiger partial charge < -0.3 is 10.6 Å². The molecule has 1 aromatic carbocycles. The van der Waals surface area contributed by atoms with Gasteiger partial charge in [0.15, 0.2) is 0 Å². The zero-order chi connectivity index (χ0) is 18.2. The molecule has 2 rings (SSSR count). The van der Waals surface area contributed by atoms with Crippen LogP contribution in [0.4, 0.5) is 11.4 Å². The summed E-state index contributed by atoms with van der Waals surface area (Å²) >= 11 is 0. The van der Waals surface area contributed by atoms with Gasteiger partial charge in [-0.25, -0.2) is 4.98 Å². The Morgan fingerprint density at radius 3 is 2.52 bits per heavy atom. The van der Waals surface area contributed by atoms with Crippen molar-refractivity contribution in [3.8, 4) is 0 Å². The average molecular weight is 342 g/mol. The van der Waals surface area contributed by atoms with Gasteiger partial charge in [-0.1, -0.05) is 19.4 Å². The smallest absolute Gasteiger partial charge is 0.253 e. The normalized spacial score (nSPS) is 10.3. The first-order valence-electron chi connectivity index (χ1n) is 8.21. The fraction of sp³-hybridized carbons (Fsp3) is 0.333. The summed E-state index contributed by atoms with van der Waals surface area (Å²) in [6.07, 6.45) is 4.17. The second kappa shape index (κ2) is 8.77. The van der Waals surface area contributed by atoms with E-state index in [9.17, 15) is 14.4 Å². The molecule has 2 aromatic rings. The van der Waals surface area contributed by atoms with Gasteiger partial charge in [0.2, 0.25) is 11.8 Å². The molecule has 0 fully saturated rings. The van der Waals surface area contributed by atoms with E-state index >= 15 is 0 Å². The summed E-state index contributed by atoms with van der Waals surface area (Å²) in [7, 11) is 0. The zero-order valence-corrected chi connectivity index (χ0v) is 14.4. The molecule has 2 amide bonds. The predicted octanol–water partition coefficient (Wildman–Crippen LogP) is 2.18. The number of anilines is 2. The Labute approximate surface area is 146 Å². The molecule has 0 aliphatic rings. The lowest BCUT2D eigenvalue weighted by Gasteiger charge is -2.09. The van der Waals surface area contributed by atoms with E-state index in [1.54, 1.807) is 24.3 Å². The molecule has 0 bridgehead atoms. The van der Waals surface area contributed by atoms with Gasteiger partial charge in [-0.15, -0.1) is 0 Å². The van der Waals surface area contributed by atoms with E-state index in [1.807, 2.05) is 0 Å². The fourth-order valence-corrected chi connectivity index (χ4v) is 2.31. The van der Waals surface area contributed by atoms with E-state index < -0.39 is 0 Å². The van der Waals surface area contributed by atoms with E-state index in [-0.39, 0.29) is 23.9 Å². The van der Waals surface area contributed by atoms with Crippen molar-refractivity contribution in [3.05, 3.63) is 52.7 Å². The maximum atomic E-state index is 12.1. The summed E-state index contributed by atoms with van der Waals surface area (Å²) in [5.74, 6) is -0.533. The van der Waals surface area contributed by atoms with Gasteiger partial charge >= 0.3 is 0 Å². The Morgan fingerprint density at radius 2 is 1.88 bits per heavy atom. The quantitative estimate of drug-likeness (QED) is 0.806. The third kappa shape index (κ3) is 5.87. The van der Waals surface area contributed by atoms with Gasteiger partial charge in [-0.3, -0.25) is 19.0 Å².